The molecular weight excluding hydrogens is 386 g/mol. The van der Waals surface area contributed by atoms with Gasteiger partial charge in [-0.1, -0.05) is 41.9 Å². The van der Waals surface area contributed by atoms with E-state index in [0.29, 0.717) is 31.0 Å². The quantitative estimate of drug-likeness (QED) is 0.662. The van der Waals surface area contributed by atoms with Gasteiger partial charge in [0.15, 0.2) is 5.60 Å². The van der Waals surface area contributed by atoms with Crippen LogP contribution in [0, 0.1) is 5.92 Å². The fourth-order valence-corrected chi connectivity index (χ4v) is 5.41. The second kappa shape index (κ2) is 7.17. The first-order valence-corrected chi connectivity index (χ1v) is 10.8. The van der Waals surface area contributed by atoms with Gasteiger partial charge in [0.2, 0.25) is 5.91 Å². The molecule has 1 saturated heterocycles. The fourth-order valence-electron chi connectivity index (χ4n) is 5.29. The maximum atomic E-state index is 13.2. The molecule has 5 heteroatoms. The zero-order valence-electron chi connectivity index (χ0n) is 16.3. The van der Waals surface area contributed by atoms with Crippen molar-refractivity contribution in [2.24, 2.45) is 5.92 Å². The van der Waals surface area contributed by atoms with Crippen molar-refractivity contribution in [2.45, 2.75) is 43.6 Å². The van der Waals surface area contributed by atoms with E-state index in [1.54, 1.807) is 0 Å². The van der Waals surface area contributed by atoms with Gasteiger partial charge in [0, 0.05) is 29.5 Å². The highest BCUT2D eigenvalue weighted by atomic mass is 35.5. The molecule has 1 amide bonds. The molecular formula is C24H24ClNO3. The van der Waals surface area contributed by atoms with Crippen LogP contribution in [-0.2, 0) is 15.1 Å². The second-order valence-corrected chi connectivity index (χ2v) is 8.98. The van der Waals surface area contributed by atoms with E-state index in [0.717, 1.165) is 36.3 Å². The molecule has 5 rings (SSSR count). The van der Waals surface area contributed by atoms with Gasteiger partial charge in [0.05, 0.1) is 12.1 Å². The van der Waals surface area contributed by atoms with Crippen LogP contribution in [0.15, 0.2) is 48.5 Å². The zero-order chi connectivity index (χ0) is 20.0. The van der Waals surface area contributed by atoms with Gasteiger partial charge in [-0.3, -0.25) is 4.79 Å². The minimum absolute atomic E-state index is 0.0704. The Balaban J connectivity index is 1.24. The number of carbonyl (C=O) groups is 2. The molecule has 2 aromatic rings. The first-order chi connectivity index (χ1) is 14.1. The molecule has 2 heterocycles. The molecule has 0 unspecified atom stereocenters. The molecule has 29 heavy (non-hydrogen) atoms. The molecule has 150 valence electrons. The summed E-state index contributed by atoms with van der Waals surface area (Å²) in [6, 6.07) is 15.7. The van der Waals surface area contributed by atoms with Gasteiger partial charge in [-0.05, 0) is 55.4 Å². The van der Waals surface area contributed by atoms with Crippen molar-refractivity contribution < 1.29 is 14.3 Å². The number of ether oxygens (including phenoxy) is 1. The predicted molar refractivity (Wildman–Crippen MR) is 111 cm³/mol. The summed E-state index contributed by atoms with van der Waals surface area (Å²) in [4.78, 5) is 27.4. The van der Waals surface area contributed by atoms with Crippen LogP contribution in [0.1, 0.15) is 59.5 Å². The van der Waals surface area contributed by atoms with Crippen LogP contribution < -0.4 is 0 Å². The Bertz CT molecular complexity index is 949. The van der Waals surface area contributed by atoms with Crippen LogP contribution >= 0.6 is 11.6 Å². The standard InChI is InChI=1S/C24H24ClNO3/c25-19-11-9-17(10-12-19)16-5-7-18(8-6-16)22(27)26-14-13-24(15-26)21-4-2-1-3-20(21)23(28)29-24/h1-4,9-12,16,18H,5-8,13-15H2/t16?,18?,24-/m0/s1. The molecule has 2 aromatic carbocycles. The lowest BCUT2D eigenvalue weighted by Gasteiger charge is -2.31. The van der Waals surface area contributed by atoms with Gasteiger partial charge in [-0.15, -0.1) is 0 Å². The third-order valence-electron chi connectivity index (χ3n) is 6.89. The molecule has 2 aliphatic heterocycles. The number of carbonyl (C=O) groups excluding carboxylic acids is 2. The highest BCUT2D eigenvalue weighted by molar-refractivity contribution is 6.30. The van der Waals surface area contributed by atoms with Crippen LogP contribution in [0.4, 0.5) is 0 Å². The minimum Gasteiger partial charge on any atom is -0.449 e. The van der Waals surface area contributed by atoms with Crippen LogP contribution in [0.25, 0.3) is 0 Å². The van der Waals surface area contributed by atoms with Crippen molar-refractivity contribution in [1.82, 2.24) is 4.90 Å². The van der Waals surface area contributed by atoms with Crippen LogP contribution in [0.5, 0.6) is 0 Å². The maximum Gasteiger partial charge on any atom is 0.339 e. The normalized spacial score (nSPS) is 28.4. The minimum atomic E-state index is -0.649. The van der Waals surface area contributed by atoms with Crippen LogP contribution in [0.2, 0.25) is 5.02 Å². The highest BCUT2D eigenvalue weighted by Crippen LogP contribution is 2.44. The molecule has 0 N–H and O–H groups in total. The Kier molecular flexibility index (Phi) is 4.62. The summed E-state index contributed by atoms with van der Waals surface area (Å²) in [5.74, 6) is 0.528. The maximum absolute atomic E-state index is 13.2. The lowest BCUT2D eigenvalue weighted by molar-refractivity contribution is -0.136. The number of hydrogen-bond acceptors (Lipinski definition) is 3. The number of esters is 1. The molecule has 0 aromatic heterocycles. The van der Waals surface area contributed by atoms with Crippen LogP contribution in [0.3, 0.4) is 0 Å². The van der Waals surface area contributed by atoms with Gasteiger partial charge < -0.3 is 9.64 Å². The number of amides is 1. The van der Waals surface area contributed by atoms with E-state index in [9.17, 15) is 9.59 Å². The van der Waals surface area contributed by atoms with E-state index in [4.69, 9.17) is 16.3 Å². The molecule has 1 aliphatic carbocycles. The summed E-state index contributed by atoms with van der Waals surface area (Å²) in [5.41, 5.74) is 2.25. The number of fused-ring (bicyclic) bond motifs is 2. The van der Waals surface area contributed by atoms with Crippen molar-refractivity contribution in [1.29, 1.82) is 0 Å². The Morgan fingerprint density at radius 3 is 2.52 bits per heavy atom. The van der Waals surface area contributed by atoms with Crippen molar-refractivity contribution in [3.8, 4) is 0 Å². The monoisotopic (exact) mass is 409 g/mol. The summed E-state index contributed by atoms with van der Waals surface area (Å²) in [6.07, 6.45) is 4.54. The molecule has 1 atom stereocenters. The van der Waals surface area contributed by atoms with Crippen molar-refractivity contribution in [2.75, 3.05) is 13.1 Å². The predicted octanol–water partition coefficient (Wildman–Crippen LogP) is 4.91. The van der Waals surface area contributed by atoms with E-state index in [1.165, 1.54) is 5.56 Å². The average molecular weight is 410 g/mol. The van der Waals surface area contributed by atoms with Gasteiger partial charge in [-0.2, -0.15) is 0 Å². The Hall–Kier alpha value is -2.33. The smallest absolute Gasteiger partial charge is 0.339 e. The number of halogens is 1. The first kappa shape index (κ1) is 18.7. The molecule has 2 fully saturated rings. The molecule has 4 nitrogen and oxygen atoms in total. The average Bonchev–Trinajstić information content (AvgIpc) is 3.30. The molecule has 0 bridgehead atoms. The number of hydrogen-bond donors (Lipinski definition) is 0. The highest BCUT2D eigenvalue weighted by Gasteiger charge is 2.51. The topological polar surface area (TPSA) is 46.6 Å². The molecule has 0 radical (unpaired) electrons. The van der Waals surface area contributed by atoms with Gasteiger partial charge in [0.1, 0.15) is 0 Å². The summed E-state index contributed by atoms with van der Waals surface area (Å²) < 4.78 is 5.79. The number of rotatable bonds is 2. The van der Waals surface area contributed by atoms with E-state index in [-0.39, 0.29) is 17.8 Å². The summed E-state index contributed by atoms with van der Waals surface area (Å²) in [7, 11) is 0. The van der Waals surface area contributed by atoms with E-state index >= 15 is 0 Å². The summed E-state index contributed by atoms with van der Waals surface area (Å²) in [6.45, 7) is 1.13. The third-order valence-corrected chi connectivity index (χ3v) is 7.14. The SMILES string of the molecule is O=C1O[C@]2(CCN(C(=O)C3CCC(c4ccc(Cl)cc4)CC3)C2)c2ccccc21. The lowest BCUT2D eigenvalue weighted by atomic mass is 9.78. The van der Waals surface area contributed by atoms with Gasteiger partial charge in [0.25, 0.3) is 0 Å². The summed E-state index contributed by atoms with van der Waals surface area (Å²) >= 11 is 6.00. The van der Waals surface area contributed by atoms with E-state index in [2.05, 4.69) is 12.1 Å². The van der Waals surface area contributed by atoms with Crippen molar-refractivity contribution >= 4 is 23.5 Å². The van der Waals surface area contributed by atoms with Crippen molar-refractivity contribution in [3.05, 3.63) is 70.2 Å². The Morgan fingerprint density at radius 2 is 1.76 bits per heavy atom. The third kappa shape index (κ3) is 3.24. The largest absolute Gasteiger partial charge is 0.449 e. The van der Waals surface area contributed by atoms with Gasteiger partial charge >= 0.3 is 5.97 Å². The van der Waals surface area contributed by atoms with Crippen LogP contribution in [-0.4, -0.2) is 29.9 Å². The molecule has 3 aliphatic rings. The van der Waals surface area contributed by atoms with E-state index in [1.807, 2.05) is 41.3 Å². The number of nitrogens with zero attached hydrogens (tertiary/aromatic N) is 1. The molecule has 1 saturated carbocycles. The van der Waals surface area contributed by atoms with Gasteiger partial charge in [-0.25, -0.2) is 4.79 Å². The Morgan fingerprint density at radius 1 is 1.03 bits per heavy atom. The summed E-state index contributed by atoms with van der Waals surface area (Å²) in [5, 5.41) is 0.759. The lowest BCUT2D eigenvalue weighted by Crippen LogP contribution is -2.39. The first-order valence-electron chi connectivity index (χ1n) is 10.4. The van der Waals surface area contributed by atoms with E-state index < -0.39 is 5.60 Å². The fraction of sp³-hybridized carbons (Fsp3) is 0.417. The zero-order valence-corrected chi connectivity index (χ0v) is 17.0. The number of likely N-dealkylation sites (tertiary alicyclic amines) is 1. The number of benzene rings is 2. The molecule has 1 spiro atoms. The van der Waals surface area contributed by atoms with Crippen molar-refractivity contribution in [3.63, 3.8) is 0 Å². The Labute approximate surface area is 175 Å². The second-order valence-electron chi connectivity index (χ2n) is 8.54.